The zero-order valence-corrected chi connectivity index (χ0v) is 16.6. The topological polar surface area (TPSA) is 72.8 Å². The van der Waals surface area contributed by atoms with Gasteiger partial charge in [-0.2, -0.15) is 0 Å². The van der Waals surface area contributed by atoms with E-state index >= 15 is 0 Å². The average molecular weight is 445 g/mol. The van der Waals surface area contributed by atoms with Crippen LogP contribution in [0.5, 0.6) is 0 Å². The lowest BCUT2D eigenvalue weighted by atomic mass is 10.1. The Labute approximate surface area is 174 Å². The molecule has 0 spiro atoms. The highest BCUT2D eigenvalue weighted by Gasteiger charge is 2.47. The summed E-state index contributed by atoms with van der Waals surface area (Å²) < 4.78 is 24.8. The molecule has 0 radical (unpaired) electrons. The van der Waals surface area contributed by atoms with Crippen LogP contribution in [0.15, 0.2) is 48.5 Å². The largest absolute Gasteiger partial charge is 0.461 e. The Kier molecular flexibility index (Phi) is 6.82. The van der Waals surface area contributed by atoms with Crippen LogP contribution < -0.4 is 0 Å². The summed E-state index contributed by atoms with van der Waals surface area (Å²) in [5, 5.41) is 9.96. The lowest BCUT2D eigenvalue weighted by molar-refractivity contribution is -0.0112. The molecule has 0 aromatic heterocycles. The van der Waals surface area contributed by atoms with Crippen molar-refractivity contribution in [3.63, 3.8) is 0 Å². The van der Waals surface area contributed by atoms with Crippen LogP contribution in [-0.2, 0) is 9.47 Å². The molecule has 1 heterocycles. The molecule has 0 unspecified atom stereocenters. The maximum Gasteiger partial charge on any atom is 0.338 e. The van der Waals surface area contributed by atoms with Crippen molar-refractivity contribution >= 4 is 46.9 Å². The van der Waals surface area contributed by atoms with E-state index in [2.05, 4.69) is 0 Å². The number of halogens is 3. The number of carbonyl (C=O) groups excluding carboxylic acids is 2. The number of benzene rings is 2. The van der Waals surface area contributed by atoms with Crippen LogP contribution in [0.3, 0.4) is 0 Å². The van der Waals surface area contributed by atoms with Crippen LogP contribution in [0.4, 0.5) is 4.39 Å². The van der Waals surface area contributed by atoms with Crippen LogP contribution in [0, 0.1) is 0 Å². The molecule has 1 saturated heterocycles. The second-order valence-corrected chi connectivity index (χ2v) is 8.23. The van der Waals surface area contributed by atoms with Gasteiger partial charge in [-0.25, -0.2) is 14.0 Å². The fraction of sp³-hybridized carbons (Fsp3) is 0.263. The van der Waals surface area contributed by atoms with Crippen molar-refractivity contribution in [2.24, 2.45) is 0 Å². The first-order valence-electron chi connectivity index (χ1n) is 8.22. The molecule has 9 heteroatoms. The van der Waals surface area contributed by atoms with Crippen molar-refractivity contribution in [2.75, 3.05) is 6.61 Å². The van der Waals surface area contributed by atoms with E-state index in [0.717, 1.165) is 11.8 Å². The number of rotatable bonds is 5. The molecule has 0 aliphatic carbocycles. The molecule has 28 heavy (non-hydrogen) atoms. The lowest BCUT2D eigenvalue weighted by Crippen LogP contribution is -2.36. The lowest BCUT2D eigenvalue weighted by Gasteiger charge is -2.20. The highest BCUT2D eigenvalue weighted by molar-refractivity contribution is 8.00. The summed E-state index contributed by atoms with van der Waals surface area (Å²) in [6.07, 6.45) is -3.07. The van der Waals surface area contributed by atoms with E-state index in [4.69, 9.17) is 32.7 Å². The fourth-order valence-electron chi connectivity index (χ4n) is 2.58. The van der Waals surface area contributed by atoms with Crippen LogP contribution in [0.2, 0.25) is 10.0 Å². The molecule has 0 amide bonds. The molecule has 148 valence electrons. The molecular formula is C19H15Cl2FO5S. The first kappa shape index (κ1) is 20.9. The predicted molar refractivity (Wildman–Crippen MR) is 105 cm³/mol. The van der Waals surface area contributed by atoms with E-state index in [0.29, 0.717) is 10.0 Å². The van der Waals surface area contributed by atoms with Crippen molar-refractivity contribution in [1.29, 1.82) is 0 Å². The monoisotopic (exact) mass is 444 g/mol. The first-order chi connectivity index (χ1) is 13.3. The highest BCUT2D eigenvalue weighted by atomic mass is 35.5. The number of ether oxygens (including phenoxy) is 2. The Morgan fingerprint density at radius 1 is 0.964 bits per heavy atom. The number of esters is 2. The molecule has 1 N–H and O–H groups in total. The number of thioether (sulfide) groups is 1. The summed E-state index contributed by atoms with van der Waals surface area (Å²) in [6.45, 7) is -0.234. The number of aliphatic hydroxyl groups excluding tert-OH is 1. The average Bonchev–Trinajstić information content (AvgIpc) is 2.95. The van der Waals surface area contributed by atoms with Gasteiger partial charge in [0.05, 0.1) is 16.4 Å². The zero-order chi connectivity index (χ0) is 20.3. The van der Waals surface area contributed by atoms with Gasteiger partial charge in [-0.15, -0.1) is 11.8 Å². The summed E-state index contributed by atoms with van der Waals surface area (Å²) in [4.78, 5) is 24.4. The van der Waals surface area contributed by atoms with Crippen LogP contribution in [-0.4, -0.2) is 46.6 Å². The molecule has 2 aromatic carbocycles. The van der Waals surface area contributed by atoms with E-state index in [1.165, 1.54) is 36.4 Å². The molecule has 0 saturated carbocycles. The van der Waals surface area contributed by atoms with Gasteiger partial charge in [-0.05, 0) is 48.5 Å². The summed E-state index contributed by atoms with van der Waals surface area (Å²) in [5.74, 6) is -1.38. The number of hydrogen-bond acceptors (Lipinski definition) is 6. The second-order valence-electron chi connectivity index (χ2n) is 5.99. The molecule has 1 aliphatic heterocycles. The quantitative estimate of drug-likeness (QED) is 0.698. The van der Waals surface area contributed by atoms with Crippen LogP contribution in [0.25, 0.3) is 0 Å². The summed E-state index contributed by atoms with van der Waals surface area (Å²) >= 11 is 12.4. The van der Waals surface area contributed by atoms with Gasteiger partial charge in [0, 0.05) is 10.0 Å². The van der Waals surface area contributed by atoms with Crippen LogP contribution >= 0.6 is 35.0 Å². The Morgan fingerprint density at radius 2 is 1.46 bits per heavy atom. The number of aliphatic hydroxyl groups is 1. The molecule has 0 bridgehead atoms. The van der Waals surface area contributed by atoms with Gasteiger partial charge in [-0.1, -0.05) is 23.2 Å². The second kappa shape index (κ2) is 9.13. The van der Waals surface area contributed by atoms with Crippen molar-refractivity contribution in [2.45, 2.75) is 23.0 Å². The summed E-state index contributed by atoms with van der Waals surface area (Å²) in [7, 11) is 0. The van der Waals surface area contributed by atoms with Gasteiger partial charge >= 0.3 is 11.9 Å². The Hall–Kier alpha value is -1.80. The molecule has 2 aromatic rings. The molecule has 1 aliphatic rings. The third-order valence-corrected chi connectivity index (χ3v) is 5.85. The van der Waals surface area contributed by atoms with Crippen molar-refractivity contribution in [3.05, 3.63) is 69.7 Å². The molecular weight excluding hydrogens is 430 g/mol. The standard InChI is InChI=1S/C19H15Cl2FO5S/c20-12-5-1-10(2-6-12)17(23)26-9-14-16(15(22)19(25)28-14)27-18(24)11-3-7-13(21)8-4-11/h1-8,14-16,19,25H,9H2/t14-,15+,16-,19+/m1/s1. The summed E-state index contributed by atoms with van der Waals surface area (Å²) in [6, 6.07) is 12.0. The third kappa shape index (κ3) is 4.97. The number of carbonyl (C=O) groups is 2. The minimum Gasteiger partial charge on any atom is -0.461 e. The van der Waals surface area contributed by atoms with Gasteiger partial charge < -0.3 is 14.6 Å². The molecule has 1 fully saturated rings. The maximum absolute atomic E-state index is 14.3. The van der Waals surface area contributed by atoms with Crippen molar-refractivity contribution in [1.82, 2.24) is 0 Å². The maximum atomic E-state index is 14.3. The molecule has 3 rings (SSSR count). The molecule has 5 nitrogen and oxygen atoms in total. The van der Waals surface area contributed by atoms with Gasteiger partial charge in [-0.3, -0.25) is 0 Å². The van der Waals surface area contributed by atoms with Gasteiger partial charge in [0.25, 0.3) is 0 Å². The Morgan fingerprint density at radius 3 is 2.00 bits per heavy atom. The normalized spacial score (nSPS) is 24.0. The first-order valence-corrected chi connectivity index (χ1v) is 9.92. The predicted octanol–water partition coefficient (Wildman–Crippen LogP) is 4.15. The van der Waals surface area contributed by atoms with Crippen molar-refractivity contribution < 1.29 is 28.6 Å². The Balaban J connectivity index is 1.63. The Bertz CT molecular complexity index is 846. The van der Waals surface area contributed by atoms with E-state index in [1.54, 1.807) is 12.1 Å². The van der Waals surface area contributed by atoms with Crippen LogP contribution in [0.1, 0.15) is 20.7 Å². The number of alkyl halides is 1. The summed E-state index contributed by atoms with van der Waals surface area (Å²) in [5.41, 5.74) is -0.915. The smallest absolute Gasteiger partial charge is 0.338 e. The van der Waals surface area contributed by atoms with E-state index in [1.807, 2.05) is 0 Å². The minimum atomic E-state index is -1.81. The van der Waals surface area contributed by atoms with Gasteiger partial charge in [0.2, 0.25) is 0 Å². The van der Waals surface area contributed by atoms with E-state index < -0.39 is 34.9 Å². The third-order valence-electron chi connectivity index (χ3n) is 4.05. The van der Waals surface area contributed by atoms with Crippen molar-refractivity contribution in [3.8, 4) is 0 Å². The zero-order valence-electron chi connectivity index (χ0n) is 14.3. The number of hydrogen-bond donors (Lipinski definition) is 1. The van der Waals surface area contributed by atoms with E-state index in [9.17, 15) is 19.1 Å². The minimum absolute atomic E-state index is 0.194. The highest BCUT2D eigenvalue weighted by Crippen LogP contribution is 2.37. The van der Waals surface area contributed by atoms with E-state index in [-0.39, 0.29) is 17.7 Å². The fourth-order valence-corrected chi connectivity index (χ4v) is 4.00. The molecule has 4 atom stereocenters. The SMILES string of the molecule is O=C(OC[C@H]1S[C@H](O)[C@@H](F)[C@@H]1OC(=O)c1ccc(Cl)cc1)c1ccc(Cl)cc1. The van der Waals surface area contributed by atoms with Gasteiger partial charge in [0.15, 0.2) is 12.3 Å². The van der Waals surface area contributed by atoms with Gasteiger partial charge in [0.1, 0.15) is 12.0 Å².